The van der Waals surface area contributed by atoms with E-state index in [0.29, 0.717) is 11.1 Å². The number of aryl methyl sites for hydroxylation is 1. The van der Waals surface area contributed by atoms with Gasteiger partial charge in [-0.25, -0.2) is 0 Å². The third-order valence-electron chi connectivity index (χ3n) is 3.15. The summed E-state index contributed by atoms with van der Waals surface area (Å²) >= 11 is 0. The molecule has 2 atom stereocenters. The van der Waals surface area contributed by atoms with Crippen molar-refractivity contribution in [3.63, 3.8) is 0 Å². The van der Waals surface area contributed by atoms with Crippen molar-refractivity contribution in [1.29, 1.82) is 0 Å². The first-order valence-electron chi connectivity index (χ1n) is 6.11. The average molecular weight is 252 g/mol. The van der Waals surface area contributed by atoms with Gasteiger partial charge in [0.15, 0.2) is 0 Å². The number of nitrogens with one attached hydrogen (secondary N) is 2. The summed E-state index contributed by atoms with van der Waals surface area (Å²) in [6.07, 6.45) is 1.69. The van der Waals surface area contributed by atoms with Crippen LogP contribution in [0.25, 0.3) is 0 Å². The quantitative estimate of drug-likeness (QED) is 0.725. The molecule has 0 radical (unpaired) electrons. The number of pyridine rings is 1. The van der Waals surface area contributed by atoms with E-state index in [4.69, 9.17) is 0 Å². The van der Waals surface area contributed by atoms with E-state index in [1.165, 1.54) is 12.3 Å². The number of amides is 1. The third kappa shape index (κ3) is 3.70. The third-order valence-corrected chi connectivity index (χ3v) is 3.15. The van der Waals surface area contributed by atoms with Crippen LogP contribution in [0.4, 0.5) is 0 Å². The monoisotopic (exact) mass is 252 g/mol. The Morgan fingerprint density at radius 1 is 1.56 bits per heavy atom. The molecule has 5 heteroatoms. The van der Waals surface area contributed by atoms with Crippen LogP contribution in [-0.4, -0.2) is 28.6 Å². The maximum atomic E-state index is 11.8. The maximum Gasteiger partial charge on any atom is 0.253 e. The number of hydrogen-bond donors (Lipinski definition) is 3. The lowest BCUT2D eigenvalue weighted by atomic mass is 10.0. The molecule has 0 aliphatic rings. The Hall–Kier alpha value is -1.62. The van der Waals surface area contributed by atoms with Gasteiger partial charge in [0.1, 0.15) is 0 Å². The van der Waals surface area contributed by atoms with Crippen molar-refractivity contribution in [2.24, 2.45) is 5.92 Å². The molecule has 1 rings (SSSR count). The molecule has 3 N–H and O–H groups in total. The number of rotatable bonds is 5. The fourth-order valence-corrected chi connectivity index (χ4v) is 1.58. The number of aromatic amines is 1. The lowest BCUT2D eigenvalue weighted by Crippen LogP contribution is -2.35. The van der Waals surface area contributed by atoms with E-state index in [1.54, 1.807) is 6.92 Å². The smallest absolute Gasteiger partial charge is 0.253 e. The Morgan fingerprint density at radius 2 is 2.22 bits per heavy atom. The van der Waals surface area contributed by atoms with Gasteiger partial charge in [0, 0.05) is 18.8 Å². The average Bonchev–Trinajstić information content (AvgIpc) is 2.34. The van der Waals surface area contributed by atoms with Gasteiger partial charge in [-0.1, -0.05) is 20.3 Å². The standard InChI is InChI=1S/C13H20N2O3/c1-4-8(2)11(16)7-15-13(18)10-6-14-12(17)5-9(10)3/h5-6,8,11,16H,4,7H2,1-3H3,(H,14,17)(H,15,18). The first-order chi connectivity index (χ1) is 8.45. The molecule has 0 aliphatic heterocycles. The van der Waals surface area contributed by atoms with Gasteiger partial charge < -0.3 is 15.4 Å². The zero-order chi connectivity index (χ0) is 13.7. The highest BCUT2D eigenvalue weighted by atomic mass is 16.3. The van der Waals surface area contributed by atoms with Crippen molar-refractivity contribution in [2.75, 3.05) is 6.54 Å². The van der Waals surface area contributed by atoms with Crippen molar-refractivity contribution in [3.8, 4) is 0 Å². The van der Waals surface area contributed by atoms with Gasteiger partial charge in [-0.2, -0.15) is 0 Å². The molecule has 0 bridgehead atoms. The Morgan fingerprint density at radius 3 is 2.78 bits per heavy atom. The van der Waals surface area contributed by atoms with Gasteiger partial charge in [0.25, 0.3) is 5.91 Å². The molecule has 1 heterocycles. The van der Waals surface area contributed by atoms with E-state index in [1.807, 2.05) is 13.8 Å². The van der Waals surface area contributed by atoms with Gasteiger partial charge >= 0.3 is 0 Å². The summed E-state index contributed by atoms with van der Waals surface area (Å²) in [6, 6.07) is 1.38. The van der Waals surface area contributed by atoms with E-state index < -0.39 is 6.10 Å². The Kier molecular flexibility index (Phi) is 5.09. The lowest BCUT2D eigenvalue weighted by Gasteiger charge is -2.17. The molecular formula is C13H20N2O3. The summed E-state index contributed by atoms with van der Waals surface area (Å²) in [7, 11) is 0. The highest BCUT2D eigenvalue weighted by molar-refractivity contribution is 5.95. The zero-order valence-corrected chi connectivity index (χ0v) is 11.0. The van der Waals surface area contributed by atoms with Gasteiger partial charge in [-0.05, 0) is 18.4 Å². The van der Waals surface area contributed by atoms with E-state index in [0.717, 1.165) is 6.42 Å². The van der Waals surface area contributed by atoms with Crippen molar-refractivity contribution >= 4 is 5.91 Å². The molecule has 0 saturated heterocycles. The molecule has 0 spiro atoms. The van der Waals surface area contributed by atoms with Crippen LogP contribution in [0.15, 0.2) is 17.1 Å². The van der Waals surface area contributed by atoms with Gasteiger partial charge in [0.05, 0.1) is 11.7 Å². The van der Waals surface area contributed by atoms with Gasteiger partial charge in [-0.15, -0.1) is 0 Å². The number of aromatic nitrogens is 1. The molecule has 1 aromatic rings. The van der Waals surface area contributed by atoms with E-state index >= 15 is 0 Å². The maximum absolute atomic E-state index is 11.8. The molecular weight excluding hydrogens is 232 g/mol. The summed E-state index contributed by atoms with van der Waals surface area (Å²) in [5.41, 5.74) is 0.809. The minimum absolute atomic E-state index is 0.141. The fourth-order valence-electron chi connectivity index (χ4n) is 1.58. The molecule has 18 heavy (non-hydrogen) atoms. The lowest BCUT2D eigenvalue weighted by molar-refractivity contribution is 0.0849. The van der Waals surface area contributed by atoms with Crippen LogP contribution in [0, 0.1) is 12.8 Å². The van der Waals surface area contributed by atoms with E-state index in [-0.39, 0.29) is 23.9 Å². The highest BCUT2D eigenvalue weighted by Gasteiger charge is 2.15. The van der Waals surface area contributed by atoms with Gasteiger partial charge in [0.2, 0.25) is 5.56 Å². The van der Waals surface area contributed by atoms with Crippen LogP contribution < -0.4 is 10.9 Å². The van der Waals surface area contributed by atoms with E-state index in [9.17, 15) is 14.7 Å². The second-order valence-corrected chi connectivity index (χ2v) is 4.56. The minimum atomic E-state index is -0.554. The molecule has 0 aliphatic carbocycles. The predicted molar refractivity (Wildman–Crippen MR) is 69.6 cm³/mol. The molecule has 0 aromatic carbocycles. The molecule has 1 amide bonds. The second-order valence-electron chi connectivity index (χ2n) is 4.56. The molecule has 0 saturated carbocycles. The van der Waals surface area contributed by atoms with Crippen molar-refractivity contribution in [1.82, 2.24) is 10.3 Å². The molecule has 5 nitrogen and oxygen atoms in total. The minimum Gasteiger partial charge on any atom is -0.391 e. The van der Waals surface area contributed by atoms with Crippen molar-refractivity contribution in [3.05, 3.63) is 33.7 Å². The Bertz CT molecular complexity index is 468. The van der Waals surface area contributed by atoms with Crippen LogP contribution >= 0.6 is 0 Å². The number of aliphatic hydroxyl groups is 1. The number of carbonyl (C=O) groups excluding carboxylic acids is 1. The normalized spacial score (nSPS) is 14.0. The first-order valence-corrected chi connectivity index (χ1v) is 6.11. The molecule has 2 unspecified atom stereocenters. The van der Waals surface area contributed by atoms with Crippen LogP contribution in [0.5, 0.6) is 0 Å². The van der Waals surface area contributed by atoms with Crippen LogP contribution in [-0.2, 0) is 0 Å². The largest absolute Gasteiger partial charge is 0.391 e. The molecule has 100 valence electrons. The Balaban J connectivity index is 2.63. The van der Waals surface area contributed by atoms with E-state index in [2.05, 4.69) is 10.3 Å². The summed E-state index contributed by atoms with van der Waals surface area (Å²) < 4.78 is 0. The van der Waals surface area contributed by atoms with Gasteiger partial charge in [-0.3, -0.25) is 9.59 Å². The number of carbonyl (C=O) groups is 1. The first kappa shape index (κ1) is 14.4. The number of aliphatic hydroxyl groups excluding tert-OH is 1. The topological polar surface area (TPSA) is 82.2 Å². The highest BCUT2D eigenvalue weighted by Crippen LogP contribution is 2.07. The van der Waals surface area contributed by atoms with Crippen molar-refractivity contribution in [2.45, 2.75) is 33.3 Å². The SMILES string of the molecule is CCC(C)C(O)CNC(=O)c1c[nH]c(=O)cc1C. The zero-order valence-electron chi connectivity index (χ0n) is 11.0. The van der Waals surface area contributed by atoms with Crippen LogP contribution in [0.3, 0.4) is 0 Å². The molecule has 0 fully saturated rings. The second kappa shape index (κ2) is 6.35. The summed E-state index contributed by atoms with van der Waals surface area (Å²) in [5.74, 6) is -0.145. The summed E-state index contributed by atoms with van der Waals surface area (Å²) in [4.78, 5) is 25.3. The predicted octanol–water partition coefficient (Wildman–Crippen LogP) is 0.820. The Labute approximate surface area is 106 Å². The van der Waals surface area contributed by atoms with Crippen molar-refractivity contribution < 1.29 is 9.90 Å². The molecule has 1 aromatic heterocycles. The number of H-pyrrole nitrogens is 1. The fraction of sp³-hybridized carbons (Fsp3) is 0.538. The number of hydrogen-bond acceptors (Lipinski definition) is 3. The summed E-state index contributed by atoms with van der Waals surface area (Å²) in [6.45, 7) is 5.84. The van der Waals surface area contributed by atoms with Crippen LogP contribution in [0.1, 0.15) is 36.2 Å². The summed E-state index contributed by atoms with van der Waals surface area (Å²) in [5, 5.41) is 12.4. The van der Waals surface area contributed by atoms with Crippen LogP contribution in [0.2, 0.25) is 0 Å².